The van der Waals surface area contributed by atoms with Crippen molar-refractivity contribution in [1.82, 2.24) is 0 Å². The molecule has 0 atom stereocenters. The third-order valence-corrected chi connectivity index (χ3v) is 3.93. The molecule has 0 aliphatic rings. The molecule has 2 aromatic carbocycles. The van der Waals surface area contributed by atoms with Gasteiger partial charge in [-0.3, -0.25) is 14.9 Å². The first-order chi connectivity index (χ1) is 9.90. The Labute approximate surface area is 132 Å². The Morgan fingerprint density at radius 1 is 1.33 bits per heavy atom. The van der Waals surface area contributed by atoms with Gasteiger partial charge in [-0.2, -0.15) is 0 Å². The van der Waals surface area contributed by atoms with E-state index in [1.165, 1.54) is 18.2 Å². The van der Waals surface area contributed by atoms with Crippen molar-refractivity contribution in [2.75, 3.05) is 5.32 Å². The Hall–Kier alpha value is -2.12. The first-order valence-electron chi connectivity index (χ1n) is 5.63. The number of phenolic OH excluding ortho intramolecular Hbond substituents is 1. The zero-order valence-corrected chi connectivity index (χ0v) is 12.7. The predicted molar refractivity (Wildman–Crippen MR) is 81.9 cm³/mol. The molecule has 2 rings (SSSR count). The van der Waals surface area contributed by atoms with Gasteiger partial charge >= 0.3 is 0 Å². The smallest absolute Gasteiger partial charge is 0.273 e. The van der Waals surface area contributed by atoms with E-state index in [9.17, 15) is 20.0 Å². The van der Waals surface area contributed by atoms with Crippen molar-refractivity contribution in [2.24, 2.45) is 0 Å². The second-order valence-electron chi connectivity index (χ2n) is 4.01. The molecule has 2 aromatic rings. The number of anilines is 1. The number of non-ortho nitro benzene ring substituents is 1. The van der Waals surface area contributed by atoms with Crippen molar-refractivity contribution in [2.45, 2.75) is 0 Å². The summed E-state index contributed by atoms with van der Waals surface area (Å²) in [5, 5.41) is 22.9. The van der Waals surface area contributed by atoms with Crippen LogP contribution in [0.3, 0.4) is 0 Å². The predicted octanol–water partition coefficient (Wildman–Crippen LogP) is 3.97. The van der Waals surface area contributed by atoms with Gasteiger partial charge in [0.15, 0.2) is 0 Å². The Kier molecular flexibility index (Phi) is 4.44. The maximum Gasteiger partial charge on any atom is 0.273 e. The van der Waals surface area contributed by atoms with Crippen LogP contribution in [-0.4, -0.2) is 15.9 Å². The van der Waals surface area contributed by atoms with Crippen LogP contribution in [0.4, 0.5) is 11.4 Å². The van der Waals surface area contributed by atoms with Gasteiger partial charge in [-0.05, 0) is 34.1 Å². The third-order valence-electron chi connectivity index (χ3n) is 2.64. The summed E-state index contributed by atoms with van der Waals surface area (Å²) in [5.74, 6) is -0.936. The molecule has 2 N–H and O–H groups in total. The highest BCUT2D eigenvalue weighted by molar-refractivity contribution is 9.10. The number of nitrogens with one attached hydrogen (secondary N) is 1. The highest BCUT2D eigenvalue weighted by atomic mass is 79.9. The van der Waals surface area contributed by atoms with Crippen molar-refractivity contribution in [3.05, 3.63) is 61.6 Å². The van der Waals surface area contributed by atoms with E-state index in [2.05, 4.69) is 21.2 Å². The lowest BCUT2D eigenvalue weighted by molar-refractivity contribution is -0.384. The van der Waals surface area contributed by atoms with Gasteiger partial charge in [0, 0.05) is 10.5 Å². The van der Waals surface area contributed by atoms with Crippen LogP contribution in [0, 0.1) is 10.1 Å². The molecule has 6 nitrogen and oxygen atoms in total. The summed E-state index contributed by atoms with van der Waals surface area (Å²) in [7, 11) is 0. The fraction of sp³-hybridized carbons (Fsp3) is 0. The highest BCUT2D eigenvalue weighted by Crippen LogP contribution is 2.30. The van der Waals surface area contributed by atoms with Crippen molar-refractivity contribution >= 4 is 44.8 Å². The van der Waals surface area contributed by atoms with Crippen LogP contribution in [0.25, 0.3) is 0 Å². The Morgan fingerprint density at radius 3 is 2.67 bits per heavy atom. The quantitative estimate of drug-likeness (QED) is 0.485. The third kappa shape index (κ3) is 3.32. The van der Waals surface area contributed by atoms with Crippen molar-refractivity contribution < 1.29 is 14.8 Å². The van der Waals surface area contributed by atoms with E-state index in [1.54, 1.807) is 12.1 Å². The van der Waals surface area contributed by atoms with Gasteiger partial charge < -0.3 is 10.4 Å². The van der Waals surface area contributed by atoms with Crippen molar-refractivity contribution in [3.63, 3.8) is 0 Å². The number of nitrogens with zero attached hydrogens (tertiary/aromatic N) is 1. The summed E-state index contributed by atoms with van der Waals surface area (Å²) in [6, 6.07) is 8.22. The van der Waals surface area contributed by atoms with Crippen LogP contribution >= 0.6 is 27.5 Å². The van der Waals surface area contributed by atoms with E-state index in [4.69, 9.17) is 11.6 Å². The zero-order chi connectivity index (χ0) is 15.6. The lowest BCUT2D eigenvalue weighted by Crippen LogP contribution is -2.12. The number of hydrogen-bond donors (Lipinski definition) is 2. The molecule has 0 heterocycles. The molecule has 0 bridgehead atoms. The van der Waals surface area contributed by atoms with Crippen LogP contribution in [0.15, 0.2) is 40.9 Å². The minimum absolute atomic E-state index is 0.0571. The minimum atomic E-state index is -0.642. The van der Waals surface area contributed by atoms with Gasteiger partial charge in [0.05, 0.1) is 27.3 Å². The monoisotopic (exact) mass is 370 g/mol. The lowest BCUT2D eigenvalue weighted by Gasteiger charge is -2.09. The largest absolute Gasteiger partial charge is 0.506 e. The molecule has 0 aliphatic heterocycles. The van der Waals surface area contributed by atoms with E-state index < -0.39 is 16.6 Å². The number of phenols is 1. The minimum Gasteiger partial charge on any atom is -0.506 e. The first-order valence-corrected chi connectivity index (χ1v) is 6.80. The summed E-state index contributed by atoms with van der Waals surface area (Å²) in [4.78, 5) is 22.0. The van der Waals surface area contributed by atoms with Gasteiger partial charge in [0.1, 0.15) is 5.75 Å². The summed E-state index contributed by atoms with van der Waals surface area (Å²) in [6.07, 6.45) is 0. The van der Waals surface area contributed by atoms with E-state index in [0.29, 0.717) is 4.47 Å². The summed E-state index contributed by atoms with van der Waals surface area (Å²) >= 11 is 9.20. The van der Waals surface area contributed by atoms with Crippen LogP contribution in [-0.2, 0) is 0 Å². The number of aromatic hydroxyl groups is 1. The number of nitro benzene ring substituents is 1. The number of hydrogen-bond acceptors (Lipinski definition) is 4. The molecular formula is C13H8BrClN2O4. The highest BCUT2D eigenvalue weighted by Gasteiger charge is 2.16. The van der Waals surface area contributed by atoms with E-state index in [-0.39, 0.29) is 22.0 Å². The normalized spacial score (nSPS) is 10.2. The van der Waals surface area contributed by atoms with Gasteiger partial charge in [-0.25, -0.2) is 0 Å². The molecule has 0 spiro atoms. The SMILES string of the molecule is O=C(Nc1ccc([N+](=O)[O-])cc1O)c1cccc(Br)c1Cl. The van der Waals surface area contributed by atoms with E-state index in [0.717, 1.165) is 6.07 Å². The number of nitro groups is 1. The summed E-state index contributed by atoms with van der Waals surface area (Å²) < 4.78 is 0.560. The molecule has 0 unspecified atom stereocenters. The van der Waals surface area contributed by atoms with Crippen molar-refractivity contribution in [1.29, 1.82) is 0 Å². The Bertz CT molecular complexity index is 736. The second kappa shape index (κ2) is 6.11. The van der Waals surface area contributed by atoms with Crippen LogP contribution in [0.1, 0.15) is 10.4 Å². The number of carbonyl (C=O) groups excluding carboxylic acids is 1. The zero-order valence-electron chi connectivity index (χ0n) is 10.3. The molecule has 0 saturated heterocycles. The Morgan fingerprint density at radius 2 is 2.05 bits per heavy atom. The van der Waals surface area contributed by atoms with Gasteiger partial charge in [0.25, 0.3) is 11.6 Å². The Balaban J connectivity index is 2.28. The van der Waals surface area contributed by atoms with E-state index >= 15 is 0 Å². The average Bonchev–Trinajstić information content (AvgIpc) is 2.43. The maximum absolute atomic E-state index is 12.1. The first kappa shape index (κ1) is 15.3. The van der Waals surface area contributed by atoms with Crippen LogP contribution in [0.2, 0.25) is 5.02 Å². The number of amides is 1. The molecule has 21 heavy (non-hydrogen) atoms. The second-order valence-corrected chi connectivity index (χ2v) is 5.25. The lowest BCUT2D eigenvalue weighted by atomic mass is 10.2. The number of rotatable bonds is 3. The van der Waals surface area contributed by atoms with Gasteiger partial charge in [-0.1, -0.05) is 17.7 Å². The van der Waals surface area contributed by atoms with Crippen LogP contribution < -0.4 is 5.32 Å². The standard InChI is InChI=1S/C13H8BrClN2O4/c14-9-3-1-2-8(12(9)15)13(19)16-10-5-4-7(17(20)21)6-11(10)18/h1-6,18H,(H,16,19). The molecule has 0 fully saturated rings. The number of benzene rings is 2. The van der Waals surface area contributed by atoms with Gasteiger partial charge in [-0.15, -0.1) is 0 Å². The molecule has 0 aromatic heterocycles. The molecule has 8 heteroatoms. The van der Waals surface area contributed by atoms with Crippen LogP contribution in [0.5, 0.6) is 5.75 Å². The number of carbonyl (C=O) groups is 1. The molecule has 108 valence electrons. The fourth-order valence-corrected chi connectivity index (χ4v) is 2.19. The molecule has 1 amide bonds. The topological polar surface area (TPSA) is 92.5 Å². The molecule has 0 aliphatic carbocycles. The van der Waals surface area contributed by atoms with Crippen molar-refractivity contribution in [3.8, 4) is 5.75 Å². The molecular weight excluding hydrogens is 364 g/mol. The summed E-state index contributed by atoms with van der Waals surface area (Å²) in [6.45, 7) is 0. The summed E-state index contributed by atoms with van der Waals surface area (Å²) in [5.41, 5.74) is -0.00331. The molecule has 0 saturated carbocycles. The fourth-order valence-electron chi connectivity index (χ4n) is 1.61. The number of halogens is 2. The van der Waals surface area contributed by atoms with Gasteiger partial charge in [0.2, 0.25) is 0 Å². The average molecular weight is 372 g/mol. The maximum atomic E-state index is 12.1. The molecule has 0 radical (unpaired) electrons. The van der Waals surface area contributed by atoms with E-state index in [1.807, 2.05) is 0 Å².